The standard InChI is InChI=1S/C17H15Cl2NO6S/c18-13-8-7-11(10-14(13)19)27(25,26)20(9-3-6-16(21)22)15-5-2-1-4-12(15)17(23)24/h1-2,4-5,7-8,10H,3,6,9H2,(H,21,22)(H,23,24). The number of aromatic carboxylic acids is 1. The van der Waals surface area contributed by atoms with E-state index in [0.717, 1.165) is 10.4 Å². The quantitative estimate of drug-likeness (QED) is 0.657. The van der Waals surface area contributed by atoms with Crippen LogP contribution in [0.5, 0.6) is 0 Å². The molecule has 2 rings (SSSR count). The number of carboxylic acids is 2. The number of anilines is 1. The topological polar surface area (TPSA) is 112 Å². The number of benzene rings is 2. The van der Waals surface area contributed by atoms with Crippen molar-refractivity contribution >= 4 is 50.9 Å². The minimum absolute atomic E-state index is 0.0101. The predicted octanol–water partition coefficient (Wildman–Crippen LogP) is 3.75. The zero-order chi connectivity index (χ0) is 20.2. The monoisotopic (exact) mass is 431 g/mol. The molecule has 27 heavy (non-hydrogen) atoms. The maximum atomic E-state index is 13.1. The van der Waals surface area contributed by atoms with Crippen molar-refractivity contribution in [2.75, 3.05) is 10.8 Å². The summed E-state index contributed by atoms with van der Waals surface area (Å²) in [6, 6.07) is 9.30. The highest BCUT2D eigenvalue weighted by Crippen LogP contribution is 2.31. The van der Waals surface area contributed by atoms with Crippen LogP contribution in [-0.2, 0) is 14.8 Å². The van der Waals surface area contributed by atoms with Gasteiger partial charge < -0.3 is 10.2 Å². The molecule has 0 atom stereocenters. The molecule has 0 unspecified atom stereocenters. The fourth-order valence-electron chi connectivity index (χ4n) is 2.38. The third kappa shape index (κ3) is 4.91. The third-order valence-corrected chi connectivity index (χ3v) is 6.18. The largest absolute Gasteiger partial charge is 0.481 e. The van der Waals surface area contributed by atoms with Gasteiger partial charge in [0.15, 0.2) is 0 Å². The van der Waals surface area contributed by atoms with Crippen molar-refractivity contribution in [3.05, 3.63) is 58.1 Å². The molecule has 0 saturated heterocycles. The van der Waals surface area contributed by atoms with Crippen molar-refractivity contribution in [3.63, 3.8) is 0 Å². The summed E-state index contributed by atoms with van der Waals surface area (Å²) in [4.78, 5) is 22.1. The lowest BCUT2D eigenvalue weighted by atomic mass is 10.1. The van der Waals surface area contributed by atoms with Gasteiger partial charge in [-0.2, -0.15) is 0 Å². The summed E-state index contributed by atoms with van der Waals surface area (Å²) < 4.78 is 27.1. The molecule has 0 aliphatic rings. The number of aliphatic carboxylic acids is 1. The number of nitrogens with zero attached hydrogens (tertiary/aromatic N) is 1. The molecule has 0 amide bonds. The minimum atomic E-state index is -4.21. The Labute approximate surface area is 165 Å². The summed E-state index contributed by atoms with van der Waals surface area (Å²) in [5, 5.41) is 18.4. The summed E-state index contributed by atoms with van der Waals surface area (Å²) in [6.45, 7) is -0.223. The summed E-state index contributed by atoms with van der Waals surface area (Å²) in [5.41, 5.74) is -0.294. The van der Waals surface area contributed by atoms with Crippen LogP contribution in [0.3, 0.4) is 0 Å². The fraction of sp³-hybridized carbons (Fsp3) is 0.176. The van der Waals surface area contributed by atoms with E-state index in [-0.39, 0.29) is 45.6 Å². The number of rotatable bonds is 8. The van der Waals surface area contributed by atoms with Gasteiger partial charge >= 0.3 is 11.9 Å². The molecular weight excluding hydrogens is 417 g/mol. The summed E-state index contributed by atoms with van der Waals surface area (Å²) in [6.07, 6.45) is -0.285. The molecule has 0 aliphatic heterocycles. The van der Waals surface area contributed by atoms with Crippen LogP contribution in [0.2, 0.25) is 10.0 Å². The number of hydrogen-bond donors (Lipinski definition) is 2. The van der Waals surface area contributed by atoms with Gasteiger partial charge in [0.25, 0.3) is 10.0 Å². The van der Waals surface area contributed by atoms with Crippen LogP contribution in [0.4, 0.5) is 5.69 Å². The second kappa shape index (κ2) is 8.60. The predicted molar refractivity (Wildman–Crippen MR) is 101 cm³/mol. The van der Waals surface area contributed by atoms with Gasteiger partial charge in [-0.3, -0.25) is 9.10 Å². The van der Waals surface area contributed by atoms with E-state index in [2.05, 4.69) is 0 Å². The van der Waals surface area contributed by atoms with Crippen molar-refractivity contribution in [2.24, 2.45) is 0 Å². The average Bonchev–Trinajstić information content (AvgIpc) is 2.60. The first-order valence-corrected chi connectivity index (χ1v) is 9.86. The summed E-state index contributed by atoms with van der Waals surface area (Å²) in [7, 11) is -4.21. The van der Waals surface area contributed by atoms with E-state index in [1.807, 2.05) is 0 Å². The van der Waals surface area contributed by atoms with E-state index in [0.29, 0.717) is 0 Å². The lowest BCUT2D eigenvalue weighted by molar-refractivity contribution is -0.137. The Balaban J connectivity index is 2.56. The first-order chi connectivity index (χ1) is 12.6. The Kier molecular flexibility index (Phi) is 6.69. The van der Waals surface area contributed by atoms with Crippen molar-refractivity contribution < 1.29 is 28.2 Å². The first-order valence-electron chi connectivity index (χ1n) is 7.66. The van der Waals surface area contributed by atoms with Crippen molar-refractivity contribution in [1.82, 2.24) is 0 Å². The molecule has 0 aliphatic carbocycles. The zero-order valence-electron chi connectivity index (χ0n) is 13.8. The van der Waals surface area contributed by atoms with Gasteiger partial charge in [-0.25, -0.2) is 13.2 Å². The molecule has 144 valence electrons. The lowest BCUT2D eigenvalue weighted by Crippen LogP contribution is -2.33. The van der Waals surface area contributed by atoms with Gasteiger partial charge in [0.1, 0.15) is 0 Å². The SMILES string of the molecule is O=C(O)CCCN(c1ccccc1C(=O)O)S(=O)(=O)c1ccc(Cl)c(Cl)c1. The maximum absolute atomic E-state index is 13.1. The number of hydrogen-bond acceptors (Lipinski definition) is 4. The van der Waals surface area contributed by atoms with Crippen LogP contribution >= 0.6 is 23.2 Å². The number of sulfonamides is 1. The molecule has 0 radical (unpaired) electrons. The van der Waals surface area contributed by atoms with Gasteiger partial charge in [0.05, 0.1) is 26.2 Å². The zero-order valence-corrected chi connectivity index (χ0v) is 16.1. The normalized spacial score (nSPS) is 11.2. The Hall–Kier alpha value is -2.29. The average molecular weight is 432 g/mol. The van der Waals surface area contributed by atoms with Gasteiger partial charge in [-0.05, 0) is 36.8 Å². The van der Waals surface area contributed by atoms with Crippen LogP contribution in [-0.4, -0.2) is 37.1 Å². The van der Waals surface area contributed by atoms with Gasteiger partial charge in [-0.15, -0.1) is 0 Å². The number of para-hydroxylation sites is 1. The van der Waals surface area contributed by atoms with E-state index >= 15 is 0 Å². The second-order valence-corrected chi connectivity index (χ2v) is 8.15. The van der Waals surface area contributed by atoms with Crippen LogP contribution in [0, 0.1) is 0 Å². The number of halogens is 2. The van der Waals surface area contributed by atoms with Crippen molar-refractivity contribution in [3.8, 4) is 0 Å². The molecule has 2 N–H and O–H groups in total. The summed E-state index contributed by atoms with van der Waals surface area (Å²) in [5.74, 6) is -2.40. The Morgan fingerprint density at radius 1 is 1.00 bits per heavy atom. The molecule has 0 spiro atoms. The number of carbonyl (C=O) groups is 2. The van der Waals surface area contributed by atoms with Crippen LogP contribution in [0.15, 0.2) is 47.4 Å². The molecule has 7 nitrogen and oxygen atoms in total. The molecule has 0 aromatic heterocycles. The molecule has 0 saturated carbocycles. The highest BCUT2D eigenvalue weighted by molar-refractivity contribution is 7.92. The van der Waals surface area contributed by atoms with E-state index in [4.69, 9.17) is 28.3 Å². The van der Waals surface area contributed by atoms with E-state index in [1.165, 1.54) is 36.4 Å². The Morgan fingerprint density at radius 2 is 1.67 bits per heavy atom. The van der Waals surface area contributed by atoms with Crippen LogP contribution < -0.4 is 4.31 Å². The highest BCUT2D eigenvalue weighted by atomic mass is 35.5. The highest BCUT2D eigenvalue weighted by Gasteiger charge is 2.28. The Bertz CT molecular complexity index is 977. The van der Waals surface area contributed by atoms with Crippen LogP contribution in [0.1, 0.15) is 23.2 Å². The molecule has 10 heteroatoms. The molecule has 0 bridgehead atoms. The molecule has 0 heterocycles. The molecule has 2 aromatic carbocycles. The van der Waals surface area contributed by atoms with Gasteiger partial charge in [-0.1, -0.05) is 35.3 Å². The maximum Gasteiger partial charge on any atom is 0.337 e. The second-order valence-electron chi connectivity index (χ2n) is 5.47. The fourth-order valence-corrected chi connectivity index (χ4v) is 4.29. The van der Waals surface area contributed by atoms with E-state index in [1.54, 1.807) is 0 Å². The lowest BCUT2D eigenvalue weighted by Gasteiger charge is -2.26. The van der Waals surface area contributed by atoms with Gasteiger partial charge in [0.2, 0.25) is 0 Å². The Morgan fingerprint density at radius 3 is 2.26 bits per heavy atom. The first kappa shape index (κ1) is 21.0. The minimum Gasteiger partial charge on any atom is -0.481 e. The molecule has 0 fully saturated rings. The van der Waals surface area contributed by atoms with Gasteiger partial charge in [0, 0.05) is 13.0 Å². The van der Waals surface area contributed by atoms with E-state index in [9.17, 15) is 23.1 Å². The smallest absolute Gasteiger partial charge is 0.337 e. The summed E-state index contributed by atoms with van der Waals surface area (Å²) >= 11 is 11.7. The molecule has 2 aromatic rings. The van der Waals surface area contributed by atoms with Crippen LogP contribution in [0.25, 0.3) is 0 Å². The van der Waals surface area contributed by atoms with Crippen molar-refractivity contribution in [2.45, 2.75) is 17.7 Å². The number of carboxylic acid groups (broad SMARTS) is 2. The van der Waals surface area contributed by atoms with E-state index < -0.39 is 22.0 Å². The molecular formula is C17H15Cl2NO6S. The van der Waals surface area contributed by atoms with Crippen molar-refractivity contribution in [1.29, 1.82) is 0 Å². The third-order valence-electron chi connectivity index (χ3n) is 3.63.